The van der Waals surface area contributed by atoms with Gasteiger partial charge in [-0.05, 0) is 35.9 Å². The summed E-state index contributed by atoms with van der Waals surface area (Å²) in [6.45, 7) is 0.134. The number of amides is 1. The third kappa shape index (κ3) is 4.43. The molecule has 7 nitrogen and oxygen atoms in total. The lowest BCUT2D eigenvalue weighted by Crippen LogP contribution is -2.27. The Morgan fingerprint density at radius 1 is 1.20 bits per heavy atom. The minimum Gasteiger partial charge on any atom is -0.489 e. The summed E-state index contributed by atoms with van der Waals surface area (Å²) >= 11 is 0. The lowest BCUT2D eigenvalue weighted by Gasteiger charge is -2.14. The van der Waals surface area contributed by atoms with Crippen molar-refractivity contribution >= 4 is 5.91 Å². The Morgan fingerprint density at radius 3 is 2.50 bits per heavy atom. The second-order valence-electron chi connectivity index (χ2n) is 6.15. The molecule has 1 amide bonds. The van der Waals surface area contributed by atoms with E-state index < -0.39 is 28.9 Å². The van der Waals surface area contributed by atoms with Crippen LogP contribution in [0, 0.1) is 0 Å². The zero-order chi connectivity index (χ0) is 21.9. The van der Waals surface area contributed by atoms with Crippen molar-refractivity contribution in [1.29, 1.82) is 0 Å². The van der Waals surface area contributed by atoms with Crippen molar-refractivity contribution in [3.8, 4) is 22.8 Å². The molecule has 0 unspecified atom stereocenters. The molecule has 30 heavy (non-hydrogen) atoms. The number of nitrogens with two attached hydrogens (primary N) is 1. The van der Waals surface area contributed by atoms with E-state index in [2.05, 4.69) is 4.98 Å². The van der Waals surface area contributed by atoms with Crippen molar-refractivity contribution in [2.75, 3.05) is 7.11 Å². The predicted octanol–water partition coefficient (Wildman–Crippen LogP) is 3.14. The molecule has 0 atom stereocenters. The molecule has 156 valence electrons. The molecule has 0 saturated heterocycles. The topological polar surface area (TPSA) is 107 Å². The van der Waals surface area contributed by atoms with E-state index in [4.69, 9.17) is 15.2 Å². The highest BCUT2D eigenvalue weighted by atomic mass is 19.4. The second kappa shape index (κ2) is 8.27. The summed E-state index contributed by atoms with van der Waals surface area (Å²) in [7, 11) is 1.48. The van der Waals surface area contributed by atoms with E-state index in [1.807, 2.05) is 0 Å². The first-order chi connectivity index (χ1) is 14.2. The predicted molar refractivity (Wildman–Crippen MR) is 101 cm³/mol. The number of rotatable bonds is 6. The number of nitrogens with one attached hydrogen (secondary N) is 1. The molecule has 0 aliphatic carbocycles. The standard InChI is InChI=1S/C20H16F3N3O4/c1-29-19-12(3-2-8-25-19)10-30-13-6-4-11(5-7-13)14-9-15(17(24)27)18(28)26-16(14)20(21,22)23/h2-9H,10H2,1H3,(H2,24,27)(H,26,28). The molecular formula is C20H16F3N3O4. The van der Waals surface area contributed by atoms with E-state index in [0.717, 1.165) is 6.07 Å². The number of ether oxygens (including phenoxy) is 2. The van der Waals surface area contributed by atoms with E-state index in [0.29, 0.717) is 17.2 Å². The molecule has 0 bridgehead atoms. The number of aromatic nitrogens is 2. The van der Waals surface area contributed by atoms with Crippen LogP contribution in [0.5, 0.6) is 11.6 Å². The molecule has 0 aliphatic heterocycles. The van der Waals surface area contributed by atoms with Gasteiger partial charge in [0, 0.05) is 11.8 Å². The van der Waals surface area contributed by atoms with Gasteiger partial charge < -0.3 is 20.2 Å². The Hall–Kier alpha value is -3.82. The van der Waals surface area contributed by atoms with Gasteiger partial charge in [-0.15, -0.1) is 0 Å². The molecule has 3 aromatic rings. The molecule has 1 aromatic carbocycles. The molecule has 3 rings (SSSR count). The fourth-order valence-electron chi connectivity index (χ4n) is 2.77. The number of nitrogens with zero attached hydrogens (tertiary/aromatic N) is 1. The smallest absolute Gasteiger partial charge is 0.431 e. The van der Waals surface area contributed by atoms with Gasteiger partial charge in [0.1, 0.15) is 23.6 Å². The Labute approximate surface area is 168 Å². The maximum atomic E-state index is 13.4. The number of methoxy groups -OCH3 is 1. The monoisotopic (exact) mass is 419 g/mol. The largest absolute Gasteiger partial charge is 0.489 e. The van der Waals surface area contributed by atoms with Crippen LogP contribution in [0.25, 0.3) is 11.1 Å². The third-order valence-electron chi connectivity index (χ3n) is 4.19. The number of carbonyl (C=O) groups excluding carboxylic acids is 1. The number of pyridine rings is 2. The SMILES string of the molecule is COc1ncccc1COc1ccc(-c2cc(C(N)=O)c(=O)[nH]c2C(F)(F)F)cc1. The number of H-pyrrole nitrogens is 1. The number of benzene rings is 1. The number of carbonyl (C=O) groups is 1. The van der Waals surface area contributed by atoms with Gasteiger partial charge in [-0.3, -0.25) is 9.59 Å². The zero-order valence-electron chi connectivity index (χ0n) is 15.6. The Kier molecular flexibility index (Phi) is 5.77. The molecule has 0 saturated carbocycles. The van der Waals surface area contributed by atoms with E-state index in [9.17, 15) is 22.8 Å². The molecule has 10 heteroatoms. The lowest BCUT2D eigenvalue weighted by molar-refractivity contribution is -0.140. The fourth-order valence-corrected chi connectivity index (χ4v) is 2.77. The quantitative estimate of drug-likeness (QED) is 0.638. The molecule has 2 heterocycles. The second-order valence-corrected chi connectivity index (χ2v) is 6.15. The van der Waals surface area contributed by atoms with Gasteiger partial charge in [0.2, 0.25) is 5.88 Å². The highest BCUT2D eigenvalue weighted by Gasteiger charge is 2.36. The van der Waals surface area contributed by atoms with Crippen LogP contribution < -0.4 is 20.8 Å². The maximum Gasteiger partial charge on any atom is 0.431 e. The zero-order valence-corrected chi connectivity index (χ0v) is 15.6. The molecular weight excluding hydrogens is 403 g/mol. The Bertz CT molecular complexity index is 1130. The summed E-state index contributed by atoms with van der Waals surface area (Å²) in [5, 5.41) is 0. The summed E-state index contributed by atoms with van der Waals surface area (Å²) in [6, 6.07) is 10.0. The van der Waals surface area contributed by atoms with Crippen LogP contribution in [-0.4, -0.2) is 23.0 Å². The molecule has 0 spiro atoms. The summed E-state index contributed by atoms with van der Waals surface area (Å²) in [5.74, 6) is -0.342. The number of aromatic amines is 1. The van der Waals surface area contributed by atoms with Gasteiger partial charge in [-0.25, -0.2) is 4.98 Å². The number of hydrogen-bond acceptors (Lipinski definition) is 5. The van der Waals surface area contributed by atoms with Crippen molar-refractivity contribution < 1.29 is 27.4 Å². The van der Waals surface area contributed by atoms with E-state index >= 15 is 0 Å². The highest BCUT2D eigenvalue weighted by Crippen LogP contribution is 2.35. The number of alkyl halides is 3. The first-order valence-corrected chi connectivity index (χ1v) is 8.56. The van der Waals surface area contributed by atoms with Crippen LogP contribution in [0.3, 0.4) is 0 Å². The van der Waals surface area contributed by atoms with Gasteiger partial charge in [-0.2, -0.15) is 13.2 Å². The highest BCUT2D eigenvalue weighted by molar-refractivity contribution is 5.94. The van der Waals surface area contributed by atoms with Gasteiger partial charge in [0.25, 0.3) is 11.5 Å². The van der Waals surface area contributed by atoms with Crippen molar-refractivity contribution in [3.63, 3.8) is 0 Å². The van der Waals surface area contributed by atoms with Gasteiger partial charge in [0.05, 0.1) is 12.7 Å². The van der Waals surface area contributed by atoms with Gasteiger partial charge >= 0.3 is 6.18 Å². The van der Waals surface area contributed by atoms with Crippen molar-refractivity contribution in [3.05, 3.63) is 75.8 Å². The number of primary amides is 1. The van der Waals surface area contributed by atoms with Crippen molar-refractivity contribution in [1.82, 2.24) is 9.97 Å². The first-order valence-electron chi connectivity index (χ1n) is 8.56. The van der Waals surface area contributed by atoms with Gasteiger partial charge in [-0.1, -0.05) is 12.1 Å². The van der Waals surface area contributed by atoms with E-state index in [-0.39, 0.29) is 17.7 Å². The molecule has 0 fully saturated rings. The van der Waals surface area contributed by atoms with Crippen LogP contribution in [0.4, 0.5) is 13.2 Å². The number of hydrogen-bond donors (Lipinski definition) is 2. The Balaban J connectivity index is 1.91. The summed E-state index contributed by atoms with van der Waals surface area (Å²) < 4.78 is 50.9. The molecule has 3 N–H and O–H groups in total. The minimum atomic E-state index is -4.84. The van der Waals surface area contributed by atoms with Gasteiger partial charge in [0.15, 0.2) is 0 Å². The van der Waals surface area contributed by atoms with Crippen LogP contribution in [0.15, 0.2) is 53.5 Å². The summed E-state index contributed by atoms with van der Waals surface area (Å²) in [6.07, 6.45) is -3.27. The van der Waals surface area contributed by atoms with Crippen LogP contribution >= 0.6 is 0 Å². The molecule has 0 radical (unpaired) electrons. The van der Waals surface area contributed by atoms with E-state index in [1.165, 1.54) is 31.4 Å². The van der Waals surface area contributed by atoms with Crippen LogP contribution in [0.2, 0.25) is 0 Å². The lowest BCUT2D eigenvalue weighted by atomic mass is 10.0. The minimum absolute atomic E-state index is 0.118. The first kappa shape index (κ1) is 20.9. The average Bonchev–Trinajstić information content (AvgIpc) is 2.71. The normalized spacial score (nSPS) is 11.2. The van der Waals surface area contributed by atoms with E-state index in [1.54, 1.807) is 23.3 Å². The van der Waals surface area contributed by atoms with Crippen LogP contribution in [-0.2, 0) is 12.8 Å². The van der Waals surface area contributed by atoms with Crippen LogP contribution in [0.1, 0.15) is 21.6 Å². The maximum absolute atomic E-state index is 13.4. The number of halogens is 3. The summed E-state index contributed by atoms with van der Waals surface area (Å²) in [5.41, 5.74) is 2.47. The average molecular weight is 419 g/mol. The van der Waals surface area contributed by atoms with Crippen molar-refractivity contribution in [2.24, 2.45) is 5.73 Å². The molecule has 2 aromatic heterocycles. The summed E-state index contributed by atoms with van der Waals surface area (Å²) in [4.78, 5) is 28.9. The fraction of sp³-hybridized carbons (Fsp3) is 0.150. The third-order valence-corrected chi connectivity index (χ3v) is 4.19. The Morgan fingerprint density at radius 2 is 1.90 bits per heavy atom. The molecule has 0 aliphatic rings. The van der Waals surface area contributed by atoms with Crippen molar-refractivity contribution in [2.45, 2.75) is 12.8 Å².